The van der Waals surface area contributed by atoms with Crippen LogP contribution in [0.25, 0.3) is 10.9 Å². The highest BCUT2D eigenvalue weighted by Crippen LogP contribution is 2.38. The summed E-state index contributed by atoms with van der Waals surface area (Å²) >= 11 is 0. The van der Waals surface area contributed by atoms with Crippen molar-refractivity contribution < 1.29 is 14.6 Å². The molecule has 1 saturated carbocycles. The Balaban J connectivity index is 1.62. The number of carbonyl (C=O) groups is 1. The van der Waals surface area contributed by atoms with Crippen LogP contribution in [-0.4, -0.2) is 40.5 Å². The topological polar surface area (TPSA) is 121 Å². The van der Waals surface area contributed by atoms with E-state index in [-0.39, 0.29) is 18.2 Å². The number of amides is 1. The van der Waals surface area contributed by atoms with E-state index in [1.165, 1.54) is 6.07 Å². The number of nitriles is 1. The van der Waals surface area contributed by atoms with E-state index in [0.29, 0.717) is 29.0 Å². The maximum Gasteiger partial charge on any atom is 0.321 e. The Kier molecular flexibility index (Phi) is 5.95. The molecule has 1 aromatic carbocycles. The van der Waals surface area contributed by atoms with Crippen LogP contribution in [0, 0.1) is 23.5 Å². The molecular weight excluding hydrogens is 420 g/mol. The fourth-order valence-electron chi connectivity index (χ4n) is 4.42. The highest BCUT2D eigenvalue weighted by atomic mass is 16.5. The summed E-state index contributed by atoms with van der Waals surface area (Å²) in [7, 11) is 3.76. The average Bonchev–Trinajstić information content (AvgIpc) is 3.18. The van der Waals surface area contributed by atoms with Gasteiger partial charge in [0.05, 0.1) is 41.0 Å². The summed E-state index contributed by atoms with van der Waals surface area (Å²) in [6.07, 6.45) is 4.72. The van der Waals surface area contributed by atoms with Crippen molar-refractivity contribution in [1.29, 1.82) is 5.26 Å². The summed E-state index contributed by atoms with van der Waals surface area (Å²) in [4.78, 5) is 14.7. The molecule has 0 atom stereocenters. The second-order valence-electron chi connectivity index (χ2n) is 9.02. The van der Waals surface area contributed by atoms with Gasteiger partial charge in [0.1, 0.15) is 0 Å². The number of anilines is 2. The van der Waals surface area contributed by atoms with Crippen molar-refractivity contribution >= 4 is 28.2 Å². The van der Waals surface area contributed by atoms with E-state index in [4.69, 9.17) is 10.4 Å². The molecule has 9 nitrogen and oxygen atoms in total. The number of aryl methyl sites for hydroxylation is 1. The van der Waals surface area contributed by atoms with Crippen LogP contribution in [0.5, 0.6) is 0 Å². The Labute approximate surface area is 192 Å². The predicted octanol–water partition coefficient (Wildman–Crippen LogP) is 3.06. The van der Waals surface area contributed by atoms with E-state index in [2.05, 4.69) is 11.4 Å². The van der Waals surface area contributed by atoms with Gasteiger partial charge in [-0.2, -0.15) is 15.1 Å². The first-order chi connectivity index (χ1) is 15.7. The summed E-state index contributed by atoms with van der Waals surface area (Å²) in [6.45, 7) is 1.65. The van der Waals surface area contributed by atoms with E-state index in [1.807, 2.05) is 42.0 Å². The second-order valence-corrected chi connectivity index (χ2v) is 9.02. The van der Waals surface area contributed by atoms with Gasteiger partial charge in [0.2, 0.25) is 0 Å². The molecule has 33 heavy (non-hydrogen) atoms. The van der Waals surface area contributed by atoms with Gasteiger partial charge in [-0.3, -0.25) is 9.48 Å². The van der Waals surface area contributed by atoms with Gasteiger partial charge in [-0.25, -0.2) is 0 Å². The lowest BCUT2D eigenvalue weighted by atomic mass is 9.80. The molecule has 1 aliphatic rings. The zero-order valence-corrected chi connectivity index (χ0v) is 19.1. The third-order valence-corrected chi connectivity index (χ3v) is 6.40. The summed E-state index contributed by atoms with van der Waals surface area (Å²) in [5.74, 6) is -0.479. The van der Waals surface area contributed by atoms with Crippen molar-refractivity contribution in [2.24, 2.45) is 0 Å². The van der Waals surface area contributed by atoms with Crippen LogP contribution in [0.2, 0.25) is 0 Å². The SMILES string of the molecule is Cc1cccc(C(=O)Nc2cc3cn(C4CCC(O)(CC#N)CC4)nc3cc2N(C)C)[n+]1[O-]. The molecule has 0 unspecified atom stereocenters. The van der Waals surface area contributed by atoms with E-state index in [9.17, 15) is 15.1 Å². The second kappa shape index (κ2) is 8.71. The van der Waals surface area contributed by atoms with Crippen molar-refractivity contribution in [3.05, 3.63) is 53.1 Å². The van der Waals surface area contributed by atoms with Gasteiger partial charge in [0, 0.05) is 44.7 Å². The molecule has 1 aliphatic carbocycles. The van der Waals surface area contributed by atoms with Crippen LogP contribution in [0.15, 0.2) is 36.5 Å². The van der Waals surface area contributed by atoms with Crippen LogP contribution < -0.4 is 14.9 Å². The maximum atomic E-state index is 12.8. The fourth-order valence-corrected chi connectivity index (χ4v) is 4.42. The minimum Gasteiger partial charge on any atom is -0.618 e. The first kappa shape index (κ1) is 22.6. The van der Waals surface area contributed by atoms with Crippen molar-refractivity contribution in [1.82, 2.24) is 9.78 Å². The normalized spacial score (nSPS) is 20.4. The van der Waals surface area contributed by atoms with Gasteiger partial charge in [-0.1, -0.05) is 0 Å². The lowest BCUT2D eigenvalue weighted by molar-refractivity contribution is -0.614. The van der Waals surface area contributed by atoms with Gasteiger partial charge >= 0.3 is 5.91 Å². The molecule has 1 amide bonds. The van der Waals surface area contributed by atoms with Gasteiger partial charge < -0.3 is 20.5 Å². The molecule has 0 radical (unpaired) electrons. The number of fused-ring (bicyclic) bond motifs is 1. The first-order valence-corrected chi connectivity index (χ1v) is 11.0. The Hall–Kier alpha value is -3.64. The molecule has 3 aromatic rings. The first-order valence-electron chi connectivity index (χ1n) is 11.0. The molecule has 1 fully saturated rings. The number of nitrogens with zero attached hydrogens (tertiary/aromatic N) is 5. The molecule has 2 N–H and O–H groups in total. The standard InChI is InChI=1S/C24H28N6O3/c1-16-5-4-6-21(30(16)33)23(31)26-20-13-17-15-29(27-19(17)14-22(20)28(2)3)18-7-9-24(32,10-8-18)11-12-25/h4-6,13-15,18,32H,7-11H2,1-3H3,(H,26,31). The van der Waals surface area contributed by atoms with Crippen LogP contribution in [0.4, 0.5) is 11.4 Å². The van der Waals surface area contributed by atoms with Crippen molar-refractivity contribution in [3.63, 3.8) is 0 Å². The highest BCUT2D eigenvalue weighted by Gasteiger charge is 2.34. The van der Waals surface area contributed by atoms with Gasteiger partial charge in [-0.15, -0.1) is 0 Å². The molecule has 0 spiro atoms. The zero-order valence-electron chi connectivity index (χ0n) is 19.1. The number of hydrogen-bond acceptors (Lipinski definition) is 6. The van der Waals surface area contributed by atoms with Crippen LogP contribution in [0.1, 0.15) is 54.3 Å². The number of carbonyl (C=O) groups excluding carboxylic acids is 1. The molecule has 0 bridgehead atoms. The minimum absolute atomic E-state index is 0.0301. The number of rotatable bonds is 5. The minimum atomic E-state index is -0.901. The van der Waals surface area contributed by atoms with Crippen molar-refractivity contribution in [2.75, 3.05) is 24.3 Å². The molecule has 0 aliphatic heterocycles. The van der Waals surface area contributed by atoms with Crippen molar-refractivity contribution in [3.8, 4) is 6.07 Å². The quantitative estimate of drug-likeness (QED) is 0.457. The molecule has 4 rings (SSSR count). The van der Waals surface area contributed by atoms with E-state index in [0.717, 1.165) is 29.4 Å². The average molecular weight is 449 g/mol. The Morgan fingerprint density at radius 1 is 1.39 bits per heavy atom. The van der Waals surface area contributed by atoms with Crippen LogP contribution >= 0.6 is 0 Å². The third-order valence-electron chi connectivity index (χ3n) is 6.40. The van der Waals surface area contributed by atoms with Crippen LogP contribution in [0.3, 0.4) is 0 Å². The Morgan fingerprint density at radius 2 is 2.12 bits per heavy atom. The highest BCUT2D eigenvalue weighted by molar-refractivity contribution is 6.05. The van der Waals surface area contributed by atoms with E-state index < -0.39 is 11.5 Å². The predicted molar refractivity (Wildman–Crippen MR) is 125 cm³/mol. The summed E-state index contributed by atoms with van der Waals surface area (Å²) in [5.41, 5.74) is 1.73. The largest absolute Gasteiger partial charge is 0.618 e. The molecule has 172 valence electrons. The number of benzene rings is 1. The molecule has 2 heterocycles. The molecular formula is C24H28N6O3. The molecule has 0 saturated heterocycles. The number of nitrogens with one attached hydrogen (secondary N) is 1. The summed E-state index contributed by atoms with van der Waals surface area (Å²) < 4.78 is 2.55. The number of pyridine rings is 1. The smallest absolute Gasteiger partial charge is 0.321 e. The monoisotopic (exact) mass is 448 g/mol. The lowest BCUT2D eigenvalue weighted by Crippen LogP contribution is -2.39. The van der Waals surface area contributed by atoms with Gasteiger partial charge in [0.25, 0.3) is 5.69 Å². The lowest BCUT2D eigenvalue weighted by Gasteiger charge is -2.34. The Bertz CT molecular complexity index is 1230. The maximum absolute atomic E-state index is 12.8. The van der Waals surface area contributed by atoms with Gasteiger partial charge in [0.15, 0.2) is 5.69 Å². The zero-order chi connectivity index (χ0) is 23.8. The third kappa shape index (κ3) is 4.47. The summed E-state index contributed by atoms with van der Waals surface area (Å²) in [6, 6.07) is 10.8. The fraction of sp³-hybridized carbons (Fsp3) is 0.417. The number of hydrogen-bond donors (Lipinski definition) is 2. The van der Waals surface area contributed by atoms with Crippen molar-refractivity contribution in [2.45, 2.75) is 50.7 Å². The Morgan fingerprint density at radius 3 is 2.79 bits per heavy atom. The van der Waals surface area contributed by atoms with Crippen LogP contribution in [-0.2, 0) is 0 Å². The van der Waals surface area contributed by atoms with E-state index >= 15 is 0 Å². The molecule has 2 aromatic heterocycles. The number of aromatic nitrogens is 3. The van der Waals surface area contributed by atoms with E-state index in [1.54, 1.807) is 19.1 Å². The van der Waals surface area contributed by atoms with Gasteiger partial charge in [-0.05, 0) is 43.9 Å². The summed E-state index contributed by atoms with van der Waals surface area (Å²) in [5, 5.41) is 40.2. The molecule has 9 heteroatoms. The number of aliphatic hydroxyl groups is 1.